The van der Waals surface area contributed by atoms with Gasteiger partial charge < -0.3 is 14.7 Å². The number of benzene rings is 1. The number of aryl methyl sites for hydroxylation is 1. The normalized spacial score (nSPS) is 24.7. The van der Waals surface area contributed by atoms with Gasteiger partial charge in [-0.1, -0.05) is 12.1 Å². The van der Waals surface area contributed by atoms with Crippen LogP contribution in [0.5, 0.6) is 0 Å². The van der Waals surface area contributed by atoms with Gasteiger partial charge in [0.1, 0.15) is 0 Å². The maximum absolute atomic E-state index is 9.85. The van der Waals surface area contributed by atoms with E-state index in [-0.39, 0.29) is 12.1 Å². The molecule has 1 aliphatic rings. The number of aliphatic hydroxyl groups is 1. The van der Waals surface area contributed by atoms with Crippen molar-refractivity contribution in [3.8, 4) is 0 Å². The van der Waals surface area contributed by atoms with Crippen LogP contribution in [0, 0.1) is 6.92 Å². The standard InChI is InChI=1S/C13H19NO2/c1-3-14(12-8-16-9-13(12)15)11-6-4-5-10(2)7-11/h4-7,12-13,15H,3,8-9H2,1-2H3/t12-,13-/m1/s1. The van der Waals surface area contributed by atoms with Gasteiger partial charge in [-0.2, -0.15) is 0 Å². The average molecular weight is 221 g/mol. The van der Waals surface area contributed by atoms with E-state index >= 15 is 0 Å². The Kier molecular flexibility index (Phi) is 3.46. The third kappa shape index (κ3) is 2.20. The molecule has 0 radical (unpaired) electrons. The van der Waals surface area contributed by atoms with Gasteiger partial charge in [-0.05, 0) is 31.5 Å². The first-order valence-electron chi connectivity index (χ1n) is 5.81. The van der Waals surface area contributed by atoms with Gasteiger partial charge in [0.25, 0.3) is 0 Å². The zero-order chi connectivity index (χ0) is 11.5. The summed E-state index contributed by atoms with van der Waals surface area (Å²) in [6.45, 7) is 6.14. The molecule has 1 aromatic carbocycles. The Balaban J connectivity index is 2.21. The highest BCUT2D eigenvalue weighted by molar-refractivity contribution is 5.49. The molecular weight excluding hydrogens is 202 g/mol. The fourth-order valence-corrected chi connectivity index (χ4v) is 2.24. The van der Waals surface area contributed by atoms with Gasteiger partial charge in [0.2, 0.25) is 0 Å². The molecule has 0 saturated carbocycles. The maximum Gasteiger partial charge on any atom is 0.0998 e. The number of anilines is 1. The minimum atomic E-state index is -0.375. The van der Waals surface area contributed by atoms with Crippen molar-refractivity contribution in [2.24, 2.45) is 0 Å². The van der Waals surface area contributed by atoms with Crippen molar-refractivity contribution in [2.45, 2.75) is 26.0 Å². The highest BCUT2D eigenvalue weighted by atomic mass is 16.5. The predicted molar refractivity (Wildman–Crippen MR) is 64.8 cm³/mol. The molecule has 0 spiro atoms. The minimum Gasteiger partial charge on any atom is -0.388 e. The van der Waals surface area contributed by atoms with E-state index in [0.717, 1.165) is 12.2 Å². The van der Waals surface area contributed by atoms with Crippen molar-refractivity contribution in [3.63, 3.8) is 0 Å². The minimum absolute atomic E-state index is 0.0896. The second-order valence-electron chi connectivity index (χ2n) is 4.30. The molecule has 1 N–H and O–H groups in total. The molecule has 2 rings (SSSR count). The van der Waals surface area contributed by atoms with Crippen LogP contribution >= 0.6 is 0 Å². The second kappa shape index (κ2) is 4.85. The largest absolute Gasteiger partial charge is 0.388 e. The molecule has 0 aliphatic carbocycles. The summed E-state index contributed by atoms with van der Waals surface area (Å²) in [7, 11) is 0. The first-order chi connectivity index (χ1) is 7.72. The lowest BCUT2D eigenvalue weighted by molar-refractivity contribution is 0.124. The first-order valence-corrected chi connectivity index (χ1v) is 5.81. The van der Waals surface area contributed by atoms with E-state index in [4.69, 9.17) is 4.74 Å². The molecule has 2 atom stereocenters. The summed E-state index contributed by atoms with van der Waals surface area (Å²) in [6.07, 6.45) is -0.375. The summed E-state index contributed by atoms with van der Waals surface area (Å²) >= 11 is 0. The third-order valence-corrected chi connectivity index (χ3v) is 3.10. The summed E-state index contributed by atoms with van der Waals surface area (Å²) in [4.78, 5) is 2.21. The Morgan fingerprint density at radius 3 is 2.81 bits per heavy atom. The Bertz CT molecular complexity index is 354. The van der Waals surface area contributed by atoms with Crippen LogP contribution in [0.4, 0.5) is 5.69 Å². The molecule has 88 valence electrons. The molecular formula is C13H19NO2. The average Bonchev–Trinajstić information content (AvgIpc) is 2.67. The molecule has 1 aliphatic heterocycles. The van der Waals surface area contributed by atoms with Crippen molar-refractivity contribution < 1.29 is 9.84 Å². The van der Waals surface area contributed by atoms with E-state index in [1.165, 1.54) is 5.56 Å². The van der Waals surface area contributed by atoms with Crippen LogP contribution in [0.1, 0.15) is 12.5 Å². The lowest BCUT2D eigenvalue weighted by Crippen LogP contribution is -2.43. The first kappa shape index (κ1) is 11.4. The van der Waals surface area contributed by atoms with Gasteiger partial charge in [-0.15, -0.1) is 0 Å². The number of likely N-dealkylation sites (N-methyl/N-ethyl adjacent to an activating group) is 1. The van der Waals surface area contributed by atoms with Crippen LogP contribution < -0.4 is 4.90 Å². The van der Waals surface area contributed by atoms with Gasteiger partial charge in [-0.3, -0.25) is 0 Å². The van der Waals surface area contributed by atoms with Crippen LogP contribution in [-0.2, 0) is 4.74 Å². The molecule has 1 saturated heterocycles. The highest BCUT2D eigenvalue weighted by Crippen LogP contribution is 2.22. The maximum atomic E-state index is 9.85. The number of hydrogen-bond donors (Lipinski definition) is 1. The van der Waals surface area contributed by atoms with E-state index in [2.05, 4.69) is 43.0 Å². The Hall–Kier alpha value is -1.06. The Morgan fingerprint density at radius 1 is 1.44 bits per heavy atom. The van der Waals surface area contributed by atoms with Crippen molar-refractivity contribution >= 4 is 5.69 Å². The summed E-state index contributed by atoms with van der Waals surface area (Å²) in [5, 5.41) is 9.85. The van der Waals surface area contributed by atoms with Gasteiger partial charge in [0, 0.05) is 12.2 Å². The molecule has 0 amide bonds. The quantitative estimate of drug-likeness (QED) is 0.841. The van der Waals surface area contributed by atoms with Gasteiger partial charge in [-0.25, -0.2) is 0 Å². The summed E-state index contributed by atoms with van der Waals surface area (Å²) in [6, 6.07) is 8.46. The van der Waals surface area contributed by atoms with E-state index in [1.807, 2.05) is 0 Å². The summed E-state index contributed by atoms with van der Waals surface area (Å²) < 4.78 is 5.31. The van der Waals surface area contributed by atoms with Crippen molar-refractivity contribution in [2.75, 3.05) is 24.7 Å². The molecule has 3 nitrogen and oxygen atoms in total. The lowest BCUT2D eigenvalue weighted by atomic mass is 10.1. The van der Waals surface area contributed by atoms with Crippen LogP contribution in [0.25, 0.3) is 0 Å². The number of ether oxygens (including phenoxy) is 1. The molecule has 3 heteroatoms. The van der Waals surface area contributed by atoms with E-state index in [1.54, 1.807) is 0 Å². The zero-order valence-electron chi connectivity index (χ0n) is 9.89. The zero-order valence-corrected chi connectivity index (χ0v) is 9.89. The molecule has 0 aromatic heterocycles. The van der Waals surface area contributed by atoms with E-state index in [9.17, 15) is 5.11 Å². The monoisotopic (exact) mass is 221 g/mol. The van der Waals surface area contributed by atoms with E-state index < -0.39 is 0 Å². The Labute approximate surface area is 96.6 Å². The fourth-order valence-electron chi connectivity index (χ4n) is 2.24. The fraction of sp³-hybridized carbons (Fsp3) is 0.538. The molecule has 16 heavy (non-hydrogen) atoms. The number of nitrogens with zero attached hydrogens (tertiary/aromatic N) is 1. The molecule has 1 fully saturated rings. The van der Waals surface area contributed by atoms with Crippen LogP contribution in [0.2, 0.25) is 0 Å². The van der Waals surface area contributed by atoms with Crippen molar-refractivity contribution in [1.29, 1.82) is 0 Å². The molecule has 0 bridgehead atoms. The van der Waals surface area contributed by atoms with Crippen LogP contribution in [0.15, 0.2) is 24.3 Å². The predicted octanol–water partition coefficient (Wildman–Crippen LogP) is 1.58. The van der Waals surface area contributed by atoms with E-state index in [0.29, 0.717) is 13.2 Å². The van der Waals surface area contributed by atoms with Gasteiger partial charge in [0.15, 0.2) is 0 Å². The van der Waals surface area contributed by atoms with Crippen LogP contribution in [-0.4, -0.2) is 37.0 Å². The smallest absolute Gasteiger partial charge is 0.0998 e. The lowest BCUT2D eigenvalue weighted by Gasteiger charge is -2.31. The van der Waals surface area contributed by atoms with Crippen LogP contribution in [0.3, 0.4) is 0 Å². The molecule has 0 unspecified atom stereocenters. The topological polar surface area (TPSA) is 32.7 Å². The second-order valence-corrected chi connectivity index (χ2v) is 4.30. The third-order valence-electron chi connectivity index (χ3n) is 3.10. The number of rotatable bonds is 3. The molecule has 1 heterocycles. The van der Waals surface area contributed by atoms with Crippen molar-refractivity contribution in [1.82, 2.24) is 0 Å². The SMILES string of the molecule is CCN(c1cccc(C)c1)[C@@H]1COC[C@H]1O. The van der Waals surface area contributed by atoms with Gasteiger partial charge in [0.05, 0.1) is 25.4 Å². The number of hydrogen-bond acceptors (Lipinski definition) is 3. The number of aliphatic hydroxyl groups excluding tert-OH is 1. The summed E-state index contributed by atoms with van der Waals surface area (Å²) in [5.74, 6) is 0. The highest BCUT2D eigenvalue weighted by Gasteiger charge is 2.31. The molecule has 1 aromatic rings. The van der Waals surface area contributed by atoms with Gasteiger partial charge >= 0.3 is 0 Å². The summed E-state index contributed by atoms with van der Waals surface area (Å²) in [5.41, 5.74) is 2.40. The van der Waals surface area contributed by atoms with Crippen molar-refractivity contribution in [3.05, 3.63) is 29.8 Å². The Morgan fingerprint density at radius 2 is 2.25 bits per heavy atom.